The summed E-state index contributed by atoms with van der Waals surface area (Å²) < 4.78 is 0.795. The van der Waals surface area contributed by atoms with E-state index in [2.05, 4.69) is 28.2 Å². The number of rotatable bonds is 2. The number of piperidine rings is 1. The van der Waals surface area contributed by atoms with E-state index in [1.807, 2.05) is 18.0 Å². The lowest BCUT2D eigenvalue weighted by Crippen LogP contribution is -2.51. The summed E-state index contributed by atoms with van der Waals surface area (Å²) in [4.78, 5) is 14.4. The molecule has 0 bridgehead atoms. The van der Waals surface area contributed by atoms with Gasteiger partial charge in [0.1, 0.15) is 0 Å². The van der Waals surface area contributed by atoms with Gasteiger partial charge in [-0.05, 0) is 60.9 Å². The van der Waals surface area contributed by atoms with Gasteiger partial charge in [-0.3, -0.25) is 4.79 Å². The summed E-state index contributed by atoms with van der Waals surface area (Å²) in [5, 5.41) is 3.92. The predicted molar refractivity (Wildman–Crippen MR) is 81.8 cm³/mol. The van der Waals surface area contributed by atoms with Crippen molar-refractivity contribution in [3.8, 4) is 0 Å². The van der Waals surface area contributed by atoms with Crippen molar-refractivity contribution in [3.63, 3.8) is 0 Å². The summed E-state index contributed by atoms with van der Waals surface area (Å²) in [6, 6.07) is 5.31. The molecule has 0 saturated carbocycles. The molecule has 1 heterocycles. The molecule has 1 aliphatic rings. The van der Waals surface area contributed by atoms with Crippen molar-refractivity contribution in [2.75, 3.05) is 20.1 Å². The zero-order valence-electron chi connectivity index (χ0n) is 11.2. The molecule has 5 heteroatoms. The van der Waals surface area contributed by atoms with Crippen LogP contribution < -0.4 is 5.32 Å². The van der Waals surface area contributed by atoms with Gasteiger partial charge in [0.2, 0.25) is 0 Å². The Hall–Kier alpha value is -0.580. The first-order chi connectivity index (χ1) is 8.95. The van der Waals surface area contributed by atoms with Crippen LogP contribution in [0.1, 0.15) is 30.1 Å². The predicted octanol–water partition coefficient (Wildman–Crippen LogP) is 3.32. The van der Waals surface area contributed by atoms with Gasteiger partial charge in [-0.2, -0.15) is 0 Å². The molecule has 2 rings (SSSR count). The molecular formula is C14H18BrClN2O. The molecule has 1 amide bonds. The lowest BCUT2D eigenvalue weighted by atomic mass is 9.89. The molecule has 19 heavy (non-hydrogen) atoms. The largest absolute Gasteiger partial charge is 0.338 e. The number of hydrogen-bond donors (Lipinski definition) is 1. The maximum atomic E-state index is 12.5. The lowest BCUT2D eigenvalue weighted by molar-refractivity contribution is 0.0661. The fourth-order valence-corrected chi connectivity index (χ4v) is 2.87. The molecule has 1 fully saturated rings. The fraction of sp³-hybridized carbons (Fsp3) is 0.500. The molecule has 1 saturated heterocycles. The van der Waals surface area contributed by atoms with Crippen LogP contribution in [-0.4, -0.2) is 36.5 Å². The number of benzene rings is 1. The van der Waals surface area contributed by atoms with Crippen molar-refractivity contribution < 1.29 is 4.79 Å². The van der Waals surface area contributed by atoms with Crippen LogP contribution >= 0.6 is 27.5 Å². The number of likely N-dealkylation sites (tertiary alicyclic amines) is 1. The fourth-order valence-electron chi connectivity index (χ4n) is 2.29. The van der Waals surface area contributed by atoms with Crippen molar-refractivity contribution in [1.29, 1.82) is 0 Å². The van der Waals surface area contributed by atoms with Crippen LogP contribution in [0.25, 0.3) is 0 Å². The van der Waals surface area contributed by atoms with Gasteiger partial charge in [-0.25, -0.2) is 0 Å². The molecule has 0 spiro atoms. The summed E-state index contributed by atoms with van der Waals surface area (Å²) in [5.41, 5.74) is 0.781. The number of carbonyl (C=O) groups is 1. The Morgan fingerprint density at radius 1 is 1.42 bits per heavy atom. The van der Waals surface area contributed by atoms with Crippen LogP contribution in [0.15, 0.2) is 22.7 Å². The first kappa shape index (κ1) is 14.8. The van der Waals surface area contributed by atoms with E-state index in [4.69, 9.17) is 11.6 Å². The second-order valence-electron chi connectivity index (χ2n) is 5.23. The standard InChI is InChI=1S/C14H18BrClN2O/c1-14(17-2)5-7-18(8-6-14)13(19)11-9-10(16)3-4-12(11)15/h3-4,9,17H,5-8H2,1-2H3. The molecular weight excluding hydrogens is 328 g/mol. The number of hydrogen-bond acceptors (Lipinski definition) is 2. The Morgan fingerprint density at radius 3 is 2.63 bits per heavy atom. The quantitative estimate of drug-likeness (QED) is 0.892. The molecule has 0 atom stereocenters. The van der Waals surface area contributed by atoms with Gasteiger partial charge in [0.05, 0.1) is 5.56 Å². The number of amides is 1. The zero-order chi connectivity index (χ0) is 14.0. The number of halogens is 2. The minimum atomic E-state index is 0.0486. The highest BCUT2D eigenvalue weighted by atomic mass is 79.9. The Bertz CT molecular complexity index is 484. The highest BCUT2D eigenvalue weighted by Gasteiger charge is 2.31. The minimum absolute atomic E-state index is 0.0486. The van der Waals surface area contributed by atoms with Crippen LogP contribution in [0, 0.1) is 0 Å². The highest BCUT2D eigenvalue weighted by Crippen LogP contribution is 2.26. The molecule has 1 aromatic rings. The normalized spacial score (nSPS) is 18.4. The molecule has 104 valence electrons. The molecule has 0 unspecified atom stereocenters. The zero-order valence-corrected chi connectivity index (χ0v) is 13.5. The van der Waals surface area contributed by atoms with E-state index >= 15 is 0 Å². The van der Waals surface area contributed by atoms with Gasteiger partial charge in [0, 0.05) is 28.1 Å². The van der Waals surface area contributed by atoms with Crippen molar-refractivity contribution in [2.24, 2.45) is 0 Å². The third-order valence-corrected chi connectivity index (χ3v) is 4.84. The Balaban J connectivity index is 2.11. The third-order valence-electron chi connectivity index (χ3n) is 3.92. The second kappa shape index (κ2) is 5.81. The van der Waals surface area contributed by atoms with E-state index in [9.17, 15) is 4.79 Å². The van der Waals surface area contributed by atoms with Gasteiger partial charge in [-0.1, -0.05) is 11.6 Å². The lowest BCUT2D eigenvalue weighted by Gasteiger charge is -2.39. The van der Waals surface area contributed by atoms with Crippen LogP contribution in [0.4, 0.5) is 0 Å². The van der Waals surface area contributed by atoms with Crippen LogP contribution in [0.2, 0.25) is 5.02 Å². The second-order valence-corrected chi connectivity index (χ2v) is 6.52. The number of nitrogens with zero attached hydrogens (tertiary/aromatic N) is 1. The van der Waals surface area contributed by atoms with Crippen LogP contribution in [0.5, 0.6) is 0 Å². The molecule has 0 aliphatic carbocycles. The minimum Gasteiger partial charge on any atom is -0.338 e. The highest BCUT2D eigenvalue weighted by molar-refractivity contribution is 9.10. The van der Waals surface area contributed by atoms with Crippen LogP contribution in [0.3, 0.4) is 0 Å². The van der Waals surface area contributed by atoms with Crippen molar-refractivity contribution >= 4 is 33.4 Å². The Morgan fingerprint density at radius 2 is 2.05 bits per heavy atom. The summed E-state index contributed by atoms with van der Waals surface area (Å²) >= 11 is 9.38. The molecule has 1 aliphatic heterocycles. The summed E-state index contributed by atoms with van der Waals surface area (Å²) in [6.45, 7) is 3.74. The number of nitrogens with one attached hydrogen (secondary N) is 1. The van der Waals surface area contributed by atoms with E-state index in [0.717, 1.165) is 30.4 Å². The van der Waals surface area contributed by atoms with E-state index < -0.39 is 0 Å². The average Bonchev–Trinajstić information content (AvgIpc) is 2.42. The van der Waals surface area contributed by atoms with Gasteiger partial charge < -0.3 is 10.2 Å². The van der Waals surface area contributed by atoms with Gasteiger partial charge in [0.25, 0.3) is 5.91 Å². The Kier molecular flexibility index (Phi) is 4.54. The first-order valence-electron chi connectivity index (χ1n) is 6.38. The maximum absolute atomic E-state index is 12.5. The topological polar surface area (TPSA) is 32.3 Å². The maximum Gasteiger partial charge on any atom is 0.255 e. The van der Waals surface area contributed by atoms with Crippen molar-refractivity contribution in [1.82, 2.24) is 10.2 Å². The van der Waals surface area contributed by atoms with Crippen molar-refractivity contribution in [3.05, 3.63) is 33.3 Å². The monoisotopic (exact) mass is 344 g/mol. The summed E-state index contributed by atoms with van der Waals surface area (Å²) in [7, 11) is 1.98. The van der Waals surface area contributed by atoms with E-state index in [-0.39, 0.29) is 11.4 Å². The van der Waals surface area contributed by atoms with E-state index in [1.54, 1.807) is 12.1 Å². The molecule has 0 radical (unpaired) electrons. The van der Waals surface area contributed by atoms with Gasteiger partial charge >= 0.3 is 0 Å². The van der Waals surface area contributed by atoms with Gasteiger partial charge in [-0.15, -0.1) is 0 Å². The summed E-state index contributed by atoms with van der Waals surface area (Å²) in [6.07, 6.45) is 1.93. The third kappa shape index (κ3) is 3.30. The van der Waals surface area contributed by atoms with E-state index in [1.165, 1.54) is 0 Å². The first-order valence-corrected chi connectivity index (χ1v) is 7.55. The SMILES string of the molecule is CNC1(C)CCN(C(=O)c2cc(Cl)ccc2Br)CC1. The summed E-state index contributed by atoms with van der Waals surface area (Å²) in [5.74, 6) is 0.0486. The van der Waals surface area contributed by atoms with Crippen LogP contribution in [-0.2, 0) is 0 Å². The van der Waals surface area contributed by atoms with Gasteiger partial charge in [0.15, 0.2) is 0 Å². The molecule has 3 nitrogen and oxygen atoms in total. The van der Waals surface area contributed by atoms with E-state index in [0.29, 0.717) is 10.6 Å². The smallest absolute Gasteiger partial charge is 0.255 e. The average molecular weight is 346 g/mol. The molecule has 1 aromatic carbocycles. The Labute approximate surface area is 127 Å². The van der Waals surface area contributed by atoms with Crippen molar-refractivity contribution in [2.45, 2.75) is 25.3 Å². The number of carbonyl (C=O) groups excluding carboxylic acids is 1. The molecule has 0 aromatic heterocycles. The molecule has 1 N–H and O–H groups in total.